The zero-order valence-corrected chi connectivity index (χ0v) is 11.1. The molecule has 0 aliphatic carbocycles. The Morgan fingerprint density at radius 2 is 2.22 bits per heavy atom. The standard InChI is InChI=1S/C12H10Cl2N2O2/c1-16-10(14)5-15-11(16)7-18-12-8(6-17)3-2-4-9(12)13/h2-6H,7H2,1H3. The minimum absolute atomic E-state index is 0.188. The number of benzene rings is 1. The van der Waals surface area contributed by atoms with Gasteiger partial charge >= 0.3 is 0 Å². The molecular weight excluding hydrogens is 275 g/mol. The Morgan fingerprint density at radius 1 is 1.44 bits per heavy atom. The van der Waals surface area contributed by atoms with Gasteiger partial charge in [0.2, 0.25) is 0 Å². The topological polar surface area (TPSA) is 44.1 Å². The maximum atomic E-state index is 10.9. The Balaban J connectivity index is 2.20. The molecule has 2 aromatic rings. The average molecular weight is 285 g/mol. The molecule has 6 heteroatoms. The minimum atomic E-state index is 0.188. The van der Waals surface area contributed by atoms with Gasteiger partial charge in [-0.15, -0.1) is 0 Å². The van der Waals surface area contributed by atoms with E-state index in [-0.39, 0.29) is 6.61 Å². The Morgan fingerprint density at radius 3 is 2.83 bits per heavy atom. The van der Waals surface area contributed by atoms with Crippen LogP contribution < -0.4 is 4.74 Å². The quantitative estimate of drug-likeness (QED) is 0.811. The lowest BCUT2D eigenvalue weighted by Crippen LogP contribution is -2.05. The van der Waals surface area contributed by atoms with Gasteiger partial charge in [-0.3, -0.25) is 4.79 Å². The fourth-order valence-corrected chi connectivity index (χ4v) is 1.85. The molecule has 0 radical (unpaired) electrons. The third kappa shape index (κ3) is 2.49. The minimum Gasteiger partial charge on any atom is -0.483 e. The molecule has 0 amide bonds. The lowest BCUT2D eigenvalue weighted by Gasteiger charge is -2.10. The second-order valence-corrected chi connectivity index (χ2v) is 4.42. The van der Waals surface area contributed by atoms with E-state index in [4.69, 9.17) is 27.9 Å². The number of aromatic nitrogens is 2. The zero-order valence-electron chi connectivity index (χ0n) is 9.56. The average Bonchev–Trinajstić information content (AvgIpc) is 2.68. The van der Waals surface area contributed by atoms with Gasteiger partial charge in [-0.25, -0.2) is 4.98 Å². The number of ether oxygens (including phenoxy) is 1. The zero-order chi connectivity index (χ0) is 13.1. The monoisotopic (exact) mass is 284 g/mol. The van der Waals surface area contributed by atoms with Crippen LogP contribution in [0.4, 0.5) is 0 Å². The molecule has 18 heavy (non-hydrogen) atoms. The molecule has 94 valence electrons. The SMILES string of the molecule is Cn1c(Cl)cnc1COc1c(Cl)cccc1C=O. The van der Waals surface area contributed by atoms with Crippen molar-refractivity contribution in [1.29, 1.82) is 0 Å². The summed E-state index contributed by atoms with van der Waals surface area (Å²) in [6.07, 6.45) is 2.24. The number of rotatable bonds is 4. The Hall–Kier alpha value is -1.52. The molecule has 0 saturated heterocycles. The number of halogens is 2. The van der Waals surface area contributed by atoms with Crippen LogP contribution in [0.3, 0.4) is 0 Å². The summed E-state index contributed by atoms with van der Waals surface area (Å²) in [6, 6.07) is 4.99. The summed E-state index contributed by atoms with van der Waals surface area (Å²) >= 11 is 11.8. The number of carbonyl (C=O) groups is 1. The van der Waals surface area contributed by atoms with E-state index in [0.717, 1.165) is 0 Å². The largest absolute Gasteiger partial charge is 0.483 e. The molecule has 4 nitrogen and oxygen atoms in total. The first-order valence-electron chi connectivity index (χ1n) is 5.16. The maximum Gasteiger partial charge on any atom is 0.153 e. The van der Waals surface area contributed by atoms with Crippen molar-refractivity contribution in [1.82, 2.24) is 9.55 Å². The van der Waals surface area contributed by atoms with Crippen LogP contribution in [0.2, 0.25) is 10.2 Å². The fourth-order valence-electron chi connectivity index (χ4n) is 1.47. The van der Waals surface area contributed by atoms with Crippen LogP contribution in [0.25, 0.3) is 0 Å². The smallest absolute Gasteiger partial charge is 0.153 e. The van der Waals surface area contributed by atoms with Crippen LogP contribution in [0.5, 0.6) is 5.75 Å². The van der Waals surface area contributed by atoms with E-state index in [1.807, 2.05) is 0 Å². The summed E-state index contributed by atoms with van der Waals surface area (Å²) in [4.78, 5) is 15.0. The number of para-hydroxylation sites is 1. The van der Waals surface area contributed by atoms with Crippen LogP contribution in [-0.4, -0.2) is 15.8 Å². The fraction of sp³-hybridized carbons (Fsp3) is 0.167. The lowest BCUT2D eigenvalue weighted by molar-refractivity contribution is 0.111. The van der Waals surface area contributed by atoms with E-state index in [0.29, 0.717) is 33.6 Å². The Bertz CT molecular complexity index is 581. The third-order valence-corrected chi connectivity index (χ3v) is 3.15. The van der Waals surface area contributed by atoms with Gasteiger partial charge in [0.25, 0.3) is 0 Å². The molecule has 0 saturated carbocycles. The second-order valence-electron chi connectivity index (χ2n) is 3.62. The first kappa shape index (κ1) is 12.9. The predicted molar refractivity (Wildman–Crippen MR) is 69.4 cm³/mol. The third-order valence-electron chi connectivity index (χ3n) is 2.50. The number of carbonyl (C=O) groups excluding carboxylic acids is 1. The maximum absolute atomic E-state index is 10.9. The van der Waals surface area contributed by atoms with Crippen molar-refractivity contribution < 1.29 is 9.53 Å². The van der Waals surface area contributed by atoms with Crippen LogP contribution in [0, 0.1) is 0 Å². The summed E-state index contributed by atoms with van der Waals surface area (Å²) in [5.74, 6) is 1.00. The molecule has 1 aromatic heterocycles. The summed E-state index contributed by atoms with van der Waals surface area (Å²) in [6.45, 7) is 0.188. The summed E-state index contributed by atoms with van der Waals surface area (Å²) < 4.78 is 7.23. The molecule has 1 aromatic carbocycles. The highest BCUT2D eigenvalue weighted by Gasteiger charge is 2.10. The molecule has 0 aliphatic heterocycles. The lowest BCUT2D eigenvalue weighted by atomic mass is 10.2. The first-order chi connectivity index (χ1) is 8.63. The van der Waals surface area contributed by atoms with Crippen molar-refractivity contribution in [3.05, 3.63) is 46.0 Å². The summed E-state index contributed by atoms with van der Waals surface area (Å²) in [7, 11) is 1.78. The molecule has 0 N–H and O–H groups in total. The van der Waals surface area contributed by atoms with E-state index >= 15 is 0 Å². The predicted octanol–water partition coefficient (Wildman–Crippen LogP) is 3.12. The second kappa shape index (κ2) is 5.42. The van der Waals surface area contributed by atoms with Gasteiger partial charge in [0, 0.05) is 7.05 Å². The molecule has 1 heterocycles. The number of aldehydes is 1. The number of hydrogen-bond donors (Lipinski definition) is 0. The van der Waals surface area contributed by atoms with Crippen molar-refractivity contribution in [2.75, 3.05) is 0 Å². The molecule has 0 bridgehead atoms. The van der Waals surface area contributed by atoms with Gasteiger partial charge in [-0.2, -0.15) is 0 Å². The molecule has 0 fully saturated rings. The van der Waals surface area contributed by atoms with Gasteiger partial charge in [-0.05, 0) is 12.1 Å². The van der Waals surface area contributed by atoms with Gasteiger partial charge in [-0.1, -0.05) is 29.3 Å². The molecule has 2 rings (SSSR count). The summed E-state index contributed by atoms with van der Waals surface area (Å²) in [5, 5.41) is 0.906. The van der Waals surface area contributed by atoms with E-state index < -0.39 is 0 Å². The van der Waals surface area contributed by atoms with Crippen LogP contribution >= 0.6 is 23.2 Å². The number of imidazole rings is 1. The molecule has 0 aliphatic rings. The number of hydrogen-bond acceptors (Lipinski definition) is 3. The Labute approximate surface area is 114 Å². The highest BCUT2D eigenvalue weighted by Crippen LogP contribution is 2.28. The first-order valence-corrected chi connectivity index (χ1v) is 5.91. The highest BCUT2D eigenvalue weighted by atomic mass is 35.5. The number of nitrogens with zero attached hydrogens (tertiary/aromatic N) is 2. The van der Waals surface area contributed by atoms with Crippen LogP contribution in [-0.2, 0) is 13.7 Å². The Kier molecular flexibility index (Phi) is 3.89. The van der Waals surface area contributed by atoms with E-state index in [2.05, 4.69) is 4.98 Å². The van der Waals surface area contributed by atoms with Crippen LogP contribution in [0.1, 0.15) is 16.2 Å². The van der Waals surface area contributed by atoms with Crippen molar-refractivity contribution in [3.8, 4) is 5.75 Å². The normalized spacial score (nSPS) is 10.4. The van der Waals surface area contributed by atoms with Crippen molar-refractivity contribution in [2.45, 2.75) is 6.61 Å². The van der Waals surface area contributed by atoms with Gasteiger partial charge in [0.1, 0.15) is 23.3 Å². The van der Waals surface area contributed by atoms with E-state index in [1.165, 1.54) is 6.20 Å². The van der Waals surface area contributed by atoms with Gasteiger partial charge in [0.15, 0.2) is 6.29 Å². The summed E-state index contributed by atoms with van der Waals surface area (Å²) in [5.41, 5.74) is 0.405. The molecule has 0 atom stereocenters. The van der Waals surface area contributed by atoms with E-state index in [1.54, 1.807) is 29.8 Å². The van der Waals surface area contributed by atoms with Crippen LogP contribution in [0.15, 0.2) is 24.4 Å². The van der Waals surface area contributed by atoms with Gasteiger partial charge < -0.3 is 9.30 Å². The molecule has 0 unspecified atom stereocenters. The van der Waals surface area contributed by atoms with Crippen molar-refractivity contribution >= 4 is 29.5 Å². The molecule has 0 spiro atoms. The molecular formula is C12H10Cl2N2O2. The van der Waals surface area contributed by atoms with Gasteiger partial charge in [0.05, 0.1) is 16.8 Å². The van der Waals surface area contributed by atoms with Crippen molar-refractivity contribution in [2.24, 2.45) is 7.05 Å². The van der Waals surface area contributed by atoms with Crippen molar-refractivity contribution in [3.63, 3.8) is 0 Å². The highest BCUT2D eigenvalue weighted by molar-refractivity contribution is 6.32. The van der Waals surface area contributed by atoms with E-state index in [9.17, 15) is 4.79 Å².